The number of anilines is 2. The lowest BCUT2D eigenvalue weighted by Gasteiger charge is -2.18. The lowest BCUT2D eigenvalue weighted by Crippen LogP contribution is -2.33. The summed E-state index contributed by atoms with van der Waals surface area (Å²) >= 11 is 0. The summed E-state index contributed by atoms with van der Waals surface area (Å²) in [5.74, 6) is -0.718. The average molecular weight is 291 g/mol. The summed E-state index contributed by atoms with van der Waals surface area (Å²) in [7, 11) is 5.39. The van der Waals surface area contributed by atoms with Crippen molar-refractivity contribution < 1.29 is 14.3 Å². The van der Waals surface area contributed by atoms with Crippen LogP contribution in [0.5, 0.6) is 0 Å². The molecule has 0 radical (unpaired) electrons. The number of nitrogens with zero attached hydrogens (tertiary/aromatic N) is 2. The number of rotatable bonds is 5. The van der Waals surface area contributed by atoms with Crippen molar-refractivity contribution in [1.29, 1.82) is 0 Å². The molecule has 0 heterocycles. The normalized spacial score (nSPS) is 13.7. The molecule has 1 fully saturated rings. The van der Waals surface area contributed by atoms with Crippen molar-refractivity contribution in [2.24, 2.45) is 0 Å². The van der Waals surface area contributed by atoms with Crippen molar-refractivity contribution in [3.8, 4) is 0 Å². The van der Waals surface area contributed by atoms with Gasteiger partial charge in [-0.2, -0.15) is 0 Å². The zero-order chi connectivity index (χ0) is 15.6. The highest BCUT2D eigenvalue weighted by atomic mass is 16.5. The standard InChI is InChI=1S/C15H21N3O3/c1-17(2)13-7-4-10(16)8-12(13)15(20)21-9-14(19)18(3)11-5-6-11/h4,7-8,11H,5-6,9,16H2,1-3H3. The smallest absolute Gasteiger partial charge is 0.340 e. The molecule has 6 nitrogen and oxygen atoms in total. The summed E-state index contributed by atoms with van der Waals surface area (Å²) in [6.45, 7) is -0.243. The molecular formula is C15H21N3O3. The van der Waals surface area contributed by atoms with Crippen LogP contribution in [0, 0.1) is 0 Å². The number of hydrogen-bond donors (Lipinski definition) is 1. The minimum Gasteiger partial charge on any atom is -0.452 e. The molecule has 0 saturated heterocycles. The first-order valence-corrected chi connectivity index (χ1v) is 6.89. The van der Waals surface area contributed by atoms with Gasteiger partial charge in [0.05, 0.1) is 11.3 Å². The highest BCUT2D eigenvalue weighted by Crippen LogP contribution is 2.25. The van der Waals surface area contributed by atoms with Gasteiger partial charge in [-0.25, -0.2) is 4.79 Å². The van der Waals surface area contributed by atoms with E-state index in [1.807, 2.05) is 14.1 Å². The minimum atomic E-state index is -0.538. The van der Waals surface area contributed by atoms with Gasteiger partial charge >= 0.3 is 5.97 Å². The number of likely N-dealkylation sites (N-methyl/N-ethyl adjacent to an activating group) is 1. The van der Waals surface area contributed by atoms with Crippen LogP contribution < -0.4 is 10.6 Å². The number of amides is 1. The van der Waals surface area contributed by atoms with Gasteiger partial charge in [-0.05, 0) is 31.0 Å². The van der Waals surface area contributed by atoms with Crippen LogP contribution in [0.1, 0.15) is 23.2 Å². The molecule has 1 saturated carbocycles. The molecule has 0 bridgehead atoms. The highest BCUT2D eigenvalue weighted by molar-refractivity contribution is 5.98. The molecule has 6 heteroatoms. The number of carbonyl (C=O) groups is 2. The summed E-state index contributed by atoms with van der Waals surface area (Å²) < 4.78 is 5.12. The molecule has 21 heavy (non-hydrogen) atoms. The van der Waals surface area contributed by atoms with Crippen molar-refractivity contribution >= 4 is 23.3 Å². The topological polar surface area (TPSA) is 75.9 Å². The third-order valence-corrected chi connectivity index (χ3v) is 3.54. The van der Waals surface area contributed by atoms with Crippen LogP contribution in [-0.4, -0.2) is 50.6 Å². The Balaban J connectivity index is 2.02. The van der Waals surface area contributed by atoms with Gasteiger partial charge in [0.2, 0.25) is 0 Å². The summed E-state index contributed by atoms with van der Waals surface area (Å²) in [6, 6.07) is 5.34. The maximum absolute atomic E-state index is 12.2. The number of nitrogen functional groups attached to an aromatic ring is 1. The number of carbonyl (C=O) groups excluding carboxylic acids is 2. The number of nitrogens with two attached hydrogens (primary N) is 1. The van der Waals surface area contributed by atoms with Crippen LogP contribution in [0.25, 0.3) is 0 Å². The van der Waals surface area contributed by atoms with Crippen LogP contribution in [0.3, 0.4) is 0 Å². The number of benzene rings is 1. The lowest BCUT2D eigenvalue weighted by atomic mass is 10.1. The lowest BCUT2D eigenvalue weighted by molar-refractivity contribution is -0.133. The third-order valence-electron chi connectivity index (χ3n) is 3.54. The van der Waals surface area contributed by atoms with Crippen molar-refractivity contribution in [1.82, 2.24) is 4.90 Å². The van der Waals surface area contributed by atoms with Crippen LogP contribution in [0.4, 0.5) is 11.4 Å². The summed E-state index contributed by atoms with van der Waals surface area (Å²) in [5.41, 5.74) is 7.27. The second-order valence-electron chi connectivity index (χ2n) is 5.48. The van der Waals surface area contributed by atoms with Crippen molar-refractivity contribution in [3.05, 3.63) is 23.8 Å². The first-order chi connectivity index (χ1) is 9.90. The van der Waals surface area contributed by atoms with Gasteiger partial charge in [0.1, 0.15) is 0 Å². The van der Waals surface area contributed by atoms with Crippen LogP contribution in [0.15, 0.2) is 18.2 Å². The third kappa shape index (κ3) is 3.65. The predicted octanol–water partition coefficient (Wildman–Crippen LogP) is 1.11. The Kier molecular flexibility index (Phi) is 4.35. The Labute approximate surface area is 124 Å². The second kappa shape index (κ2) is 6.03. The summed E-state index contributed by atoms with van der Waals surface area (Å²) in [6.07, 6.45) is 2.05. The van der Waals surface area contributed by atoms with E-state index >= 15 is 0 Å². The van der Waals surface area contributed by atoms with E-state index in [0.717, 1.165) is 12.8 Å². The Hall–Kier alpha value is -2.24. The van der Waals surface area contributed by atoms with E-state index in [1.54, 1.807) is 35.0 Å². The Bertz CT molecular complexity index is 553. The molecule has 0 atom stereocenters. The Morgan fingerprint density at radius 3 is 2.52 bits per heavy atom. The van der Waals surface area contributed by atoms with Crippen molar-refractivity contribution in [2.45, 2.75) is 18.9 Å². The molecule has 114 valence electrons. The fourth-order valence-corrected chi connectivity index (χ4v) is 2.08. The van der Waals surface area contributed by atoms with Gasteiger partial charge < -0.3 is 20.3 Å². The molecule has 1 aromatic rings. The predicted molar refractivity (Wildman–Crippen MR) is 81.3 cm³/mol. The van der Waals surface area contributed by atoms with Gasteiger partial charge in [-0.1, -0.05) is 0 Å². The molecule has 2 rings (SSSR count). The fourth-order valence-electron chi connectivity index (χ4n) is 2.08. The van der Waals surface area contributed by atoms with Crippen molar-refractivity contribution in [2.75, 3.05) is 38.4 Å². The Morgan fingerprint density at radius 2 is 1.95 bits per heavy atom. The first kappa shape index (κ1) is 15.2. The van der Waals surface area contributed by atoms with E-state index in [2.05, 4.69) is 0 Å². The molecule has 0 spiro atoms. The van der Waals surface area contributed by atoms with Crippen LogP contribution in [0.2, 0.25) is 0 Å². The largest absolute Gasteiger partial charge is 0.452 e. The van der Waals surface area contributed by atoms with Crippen LogP contribution >= 0.6 is 0 Å². The van der Waals surface area contributed by atoms with E-state index in [-0.39, 0.29) is 12.5 Å². The van der Waals surface area contributed by atoms with Gasteiger partial charge in [0.25, 0.3) is 5.91 Å². The van der Waals surface area contributed by atoms with Gasteiger partial charge in [0, 0.05) is 32.9 Å². The van der Waals surface area contributed by atoms with Gasteiger partial charge in [0.15, 0.2) is 6.61 Å². The molecule has 0 aliphatic heterocycles. The van der Waals surface area contributed by atoms with Gasteiger partial charge in [-0.15, -0.1) is 0 Å². The van der Waals surface area contributed by atoms with Crippen molar-refractivity contribution in [3.63, 3.8) is 0 Å². The summed E-state index contributed by atoms with van der Waals surface area (Å²) in [4.78, 5) is 27.5. The van der Waals surface area contributed by atoms with Crippen LogP contribution in [-0.2, 0) is 9.53 Å². The minimum absolute atomic E-state index is 0.179. The van der Waals surface area contributed by atoms with E-state index in [4.69, 9.17) is 10.5 Å². The van der Waals surface area contributed by atoms with Gasteiger partial charge in [-0.3, -0.25) is 4.79 Å². The number of ether oxygens (including phenoxy) is 1. The summed E-state index contributed by atoms with van der Waals surface area (Å²) in [5, 5.41) is 0. The zero-order valence-corrected chi connectivity index (χ0v) is 12.6. The fraction of sp³-hybridized carbons (Fsp3) is 0.467. The molecule has 1 aliphatic carbocycles. The van der Waals surface area contributed by atoms with E-state index in [0.29, 0.717) is 23.0 Å². The van der Waals surface area contributed by atoms with E-state index in [9.17, 15) is 9.59 Å². The number of hydrogen-bond acceptors (Lipinski definition) is 5. The molecular weight excluding hydrogens is 270 g/mol. The maximum atomic E-state index is 12.2. The molecule has 0 aromatic heterocycles. The van der Waals surface area contributed by atoms with E-state index in [1.165, 1.54) is 0 Å². The first-order valence-electron chi connectivity index (χ1n) is 6.89. The number of esters is 1. The maximum Gasteiger partial charge on any atom is 0.340 e. The average Bonchev–Trinajstić information content (AvgIpc) is 3.27. The molecule has 1 amide bonds. The van der Waals surface area contributed by atoms with E-state index < -0.39 is 5.97 Å². The monoisotopic (exact) mass is 291 g/mol. The Morgan fingerprint density at radius 1 is 1.29 bits per heavy atom. The quantitative estimate of drug-likeness (QED) is 0.649. The molecule has 1 aliphatic rings. The highest BCUT2D eigenvalue weighted by Gasteiger charge is 2.30. The molecule has 1 aromatic carbocycles. The second-order valence-corrected chi connectivity index (χ2v) is 5.48. The zero-order valence-electron chi connectivity index (χ0n) is 12.6. The molecule has 2 N–H and O–H groups in total. The molecule has 0 unspecified atom stereocenters. The SMILES string of the molecule is CN(C)c1ccc(N)cc1C(=O)OCC(=O)N(C)C1CC1.